The van der Waals surface area contributed by atoms with Crippen LogP contribution in [0.2, 0.25) is 0 Å². The first-order chi connectivity index (χ1) is 9.16. The van der Waals surface area contributed by atoms with E-state index < -0.39 is 15.6 Å². The van der Waals surface area contributed by atoms with Gasteiger partial charge in [0.2, 0.25) is 10.0 Å². The topological polar surface area (TPSA) is 79.2 Å². The molecule has 0 amide bonds. The van der Waals surface area contributed by atoms with Crippen molar-refractivity contribution in [2.75, 3.05) is 7.11 Å². The molecule has 1 N–H and O–H groups in total. The number of halogens is 1. The second-order valence-corrected chi connectivity index (χ2v) is 7.44. The molecule has 0 fully saturated rings. The summed E-state index contributed by atoms with van der Waals surface area (Å²) in [7, 11) is -2.47. The van der Waals surface area contributed by atoms with Crippen molar-refractivity contribution in [3.63, 3.8) is 0 Å². The smallest absolute Gasteiger partial charge is 0.245 e. The molecule has 110 valence electrons. The summed E-state index contributed by atoms with van der Waals surface area (Å²) in [4.78, 5) is -0.00324. The molecule has 0 aliphatic carbocycles. The highest BCUT2D eigenvalue weighted by Gasteiger charge is 2.35. The molecule has 0 unspecified atom stereocenters. The van der Waals surface area contributed by atoms with Gasteiger partial charge in [0.15, 0.2) is 0 Å². The minimum Gasteiger partial charge on any atom is -0.495 e. The van der Waals surface area contributed by atoms with E-state index in [-0.39, 0.29) is 16.6 Å². The van der Waals surface area contributed by atoms with Gasteiger partial charge < -0.3 is 4.74 Å². The number of hydrogen-bond donors (Lipinski definition) is 1. The van der Waals surface area contributed by atoms with Gasteiger partial charge in [0, 0.05) is 4.47 Å². The zero-order valence-corrected chi connectivity index (χ0v) is 14.2. The molecule has 0 heterocycles. The summed E-state index contributed by atoms with van der Waals surface area (Å²) in [6, 6.07) is 6.69. The zero-order valence-electron chi connectivity index (χ0n) is 11.8. The molecule has 0 saturated heterocycles. The van der Waals surface area contributed by atoms with Crippen LogP contribution in [0.4, 0.5) is 0 Å². The lowest BCUT2D eigenvalue weighted by atomic mass is 9.92. The van der Waals surface area contributed by atoms with Crippen LogP contribution in [0, 0.1) is 17.2 Å². The third kappa shape index (κ3) is 3.51. The van der Waals surface area contributed by atoms with Crippen LogP contribution in [-0.4, -0.2) is 21.1 Å². The number of nitrogens with one attached hydrogen (secondary N) is 1. The van der Waals surface area contributed by atoms with Crippen molar-refractivity contribution in [3.8, 4) is 11.8 Å². The van der Waals surface area contributed by atoms with Gasteiger partial charge in [-0.25, -0.2) is 8.42 Å². The van der Waals surface area contributed by atoms with Crippen LogP contribution in [0.15, 0.2) is 27.6 Å². The number of benzene rings is 1. The van der Waals surface area contributed by atoms with E-state index in [1.165, 1.54) is 13.2 Å². The van der Waals surface area contributed by atoms with Gasteiger partial charge in [-0.15, -0.1) is 0 Å². The number of nitriles is 1. The van der Waals surface area contributed by atoms with Crippen molar-refractivity contribution in [3.05, 3.63) is 22.7 Å². The van der Waals surface area contributed by atoms with Crippen molar-refractivity contribution in [1.29, 1.82) is 5.26 Å². The van der Waals surface area contributed by atoms with E-state index >= 15 is 0 Å². The van der Waals surface area contributed by atoms with Gasteiger partial charge in [-0.3, -0.25) is 0 Å². The van der Waals surface area contributed by atoms with Crippen molar-refractivity contribution in [2.45, 2.75) is 31.2 Å². The summed E-state index contributed by atoms with van der Waals surface area (Å²) >= 11 is 3.23. The Kier molecular flexibility index (Phi) is 5.19. The predicted octanol–water partition coefficient (Wildman–Crippen LogP) is 2.67. The van der Waals surface area contributed by atoms with Crippen molar-refractivity contribution in [2.24, 2.45) is 5.92 Å². The minimum atomic E-state index is -3.87. The molecule has 5 nitrogen and oxygen atoms in total. The Balaban J connectivity index is 3.32. The Bertz CT molecular complexity index is 638. The molecule has 0 spiro atoms. The fourth-order valence-corrected chi connectivity index (χ4v) is 3.62. The number of nitrogens with zero attached hydrogens (tertiary/aromatic N) is 1. The number of ether oxygens (including phenoxy) is 1. The average molecular weight is 361 g/mol. The molecule has 0 aliphatic rings. The van der Waals surface area contributed by atoms with E-state index in [9.17, 15) is 13.7 Å². The van der Waals surface area contributed by atoms with Crippen molar-refractivity contribution >= 4 is 26.0 Å². The number of methoxy groups -OCH3 is 1. The standard InChI is InChI=1S/C13H17BrN2O3S/c1-9(2)13(3,8-15)16-20(17,18)12-7-10(14)5-6-11(12)19-4/h5-7,9,16H,1-4H3/t13-/m0/s1. The first-order valence-corrected chi connectivity index (χ1v) is 8.22. The summed E-state index contributed by atoms with van der Waals surface area (Å²) in [5, 5.41) is 9.23. The van der Waals surface area contributed by atoms with Gasteiger partial charge >= 0.3 is 0 Å². The summed E-state index contributed by atoms with van der Waals surface area (Å²) in [6.07, 6.45) is 0. The molecular weight excluding hydrogens is 344 g/mol. The second-order valence-electron chi connectivity index (χ2n) is 4.87. The number of hydrogen-bond acceptors (Lipinski definition) is 4. The quantitative estimate of drug-likeness (QED) is 0.875. The monoisotopic (exact) mass is 360 g/mol. The third-order valence-electron chi connectivity index (χ3n) is 3.15. The third-order valence-corrected chi connectivity index (χ3v) is 5.23. The largest absolute Gasteiger partial charge is 0.495 e. The fourth-order valence-electron chi connectivity index (χ4n) is 1.46. The maximum atomic E-state index is 12.5. The summed E-state index contributed by atoms with van der Waals surface area (Å²) < 4.78 is 33.1. The minimum absolute atomic E-state index is 0.00324. The molecule has 1 rings (SSSR count). The number of rotatable bonds is 5. The van der Waals surface area contributed by atoms with Crippen LogP contribution < -0.4 is 9.46 Å². The second kappa shape index (κ2) is 6.12. The highest BCUT2D eigenvalue weighted by atomic mass is 79.9. The van der Waals surface area contributed by atoms with E-state index in [0.29, 0.717) is 4.47 Å². The molecule has 0 saturated carbocycles. The maximum absolute atomic E-state index is 12.5. The molecule has 1 atom stereocenters. The SMILES string of the molecule is COc1ccc(Br)cc1S(=O)(=O)N[C@@](C)(C#N)C(C)C. The molecule has 1 aromatic rings. The van der Waals surface area contributed by atoms with Gasteiger partial charge in [-0.05, 0) is 31.0 Å². The zero-order chi connectivity index (χ0) is 15.6. The molecule has 20 heavy (non-hydrogen) atoms. The number of sulfonamides is 1. The lowest BCUT2D eigenvalue weighted by Crippen LogP contribution is -2.48. The van der Waals surface area contributed by atoms with E-state index in [2.05, 4.69) is 20.7 Å². The Labute approximate surface area is 128 Å². The van der Waals surface area contributed by atoms with Gasteiger partial charge in [-0.2, -0.15) is 9.98 Å². The van der Waals surface area contributed by atoms with Crippen LogP contribution in [-0.2, 0) is 10.0 Å². The summed E-state index contributed by atoms with van der Waals surface area (Å²) in [6.45, 7) is 5.12. The Morgan fingerprint density at radius 2 is 2.05 bits per heavy atom. The summed E-state index contributed by atoms with van der Waals surface area (Å²) in [5.41, 5.74) is -1.19. The van der Waals surface area contributed by atoms with Crippen LogP contribution in [0.3, 0.4) is 0 Å². The summed E-state index contributed by atoms with van der Waals surface area (Å²) in [5.74, 6) is 0.0465. The Morgan fingerprint density at radius 3 is 2.50 bits per heavy atom. The van der Waals surface area contributed by atoms with Crippen LogP contribution in [0.25, 0.3) is 0 Å². The van der Waals surface area contributed by atoms with Gasteiger partial charge in [0.25, 0.3) is 0 Å². The fraction of sp³-hybridized carbons (Fsp3) is 0.462. The molecule has 0 bridgehead atoms. The van der Waals surface area contributed by atoms with Crippen LogP contribution >= 0.6 is 15.9 Å². The first-order valence-electron chi connectivity index (χ1n) is 5.95. The molecule has 0 radical (unpaired) electrons. The highest BCUT2D eigenvalue weighted by molar-refractivity contribution is 9.10. The lowest BCUT2D eigenvalue weighted by Gasteiger charge is -2.27. The molecule has 0 aliphatic heterocycles. The van der Waals surface area contributed by atoms with E-state index in [4.69, 9.17) is 4.74 Å². The van der Waals surface area contributed by atoms with Crippen LogP contribution in [0.1, 0.15) is 20.8 Å². The molecule has 7 heteroatoms. The Hall–Kier alpha value is -1.10. The van der Waals surface area contributed by atoms with Gasteiger partial charge in [0.1, 0.15) is 16.2 Å². The van der Waals surface area contributed by atoms with E-state index in [1.54, 1.807) is 32.9 Å². The first kappa shape index (κ1) is 17.0. The predicted molar refractivity (Wildman–Crippen MR) is 79.9 cm³/mol. The van der Waals surface area contributed by atoms with E-state index in [0.717, 1.165) is 0 Å². The van der Waals surface area contributed by atoms with Gasteiger partial charge in [-0.1, -0.05) is 29.8 Å². The van der Waals surface area contributed by atoms with E-state index in [1.807, 2.05) is 6.07 Å². The maximum Gasteiger partial charge on any atom is 0.245 e. The average Bonchev–Trinajstić information content (AvgIpc) is 2.37. The van der Waals surface area contributed by atoms with Crippen molar-refractivity contribution in [1.82, 2.24) is 4.72 Å². The van der Waals surface area contributed by atoms with Gasteiger partial charge in [0.05, 0.1) is 13.2 Å². The highest BCUT2D eigenvalue weighted by Crippen LogP contribution is 2.29. The Morgan fingerprint density at radius 1 is 1.45 bits per heavy atom. The molecule has 1 aromatic carbocycles. The van der Waals surface area contributed by atoms with Crippen LogP contribution in [0.5, 0.6) is 5.75 Å². The van der Waals surface area contributed by atoms with Crippen molar-refractivity contribution < 1.29 is 13.2 Å². The lowest BCUT2D eigenvalue weighted by molar-refractivity contribution is 0.383. The normalized spacial score (nSPS) is 14.7. The molecule has 0 aromatic heterocycles. The molecular formula is C13H17BrN2O3S.